The van der Waals surface area contributed by atoms with E-state index in [4.69, 9.17) is 0 Å². The molecule has 132 valence electrons. The van der Waals surface area contributed by atoms with Crippen molar-refractivity contribution in [3.8, 4) is 0 Å². The highest BCUT2D eigenvalue weighted by atomic mass is 32.2. The van der Waals surface area contributed by atoms with Crippen LogP contribution >= 0.6 is 0 Å². The molecule has 0 radical (unpaired) electrons. The van der Waals surface area contributed by atoms with Crippen molar-refractivity contribution in [3.63, 3.8) is 0 Å². The van der Waals surface area contributed by atoms with Crippen molar-refractivity contribution in [2.75, 3.05) is 12.4 Å². The average Bonchev–Trinajstić information content (AvgIpc) is 2.61. The summed E-state index contributed by atoms with van der Waals surface area (Å²) < 4.78 is 29.5. The quantitative estimate of drug-likeness (QED) is 0.827. The van der Waals surface area contributed by atoms with Crippen LogP contribution in [0.4, 0.5) is 5.69 Å². The standard InChI is InChI=1S/C18H19NO5S/c1-12(2)25(22,23)16-7-5-4-6-15(16)17(20)19-14-10-8-13(9-11-14)18(21)24-3/h4-12H,1-3H3,(H,19,20). The van der Waals surface area contributed by atoms with Gasteiger partial charge in [-0.2, -0.15) is 0 Å². The maximum absolute atomic E-state index is 12.5. The summed E-state index contributed by atoms with van der Waals surface area (Å²) >= 11 is 0. The number of hydrogen-bond acceptors (Lipinski definition) is 5. The van der Waals surface area contributed by atoms with Crippen molar-refractivity contribution in [2.45, 2.75) is 24.0 Å². The molecule has 0 aromatic heterocycles. The summed E-state index contributed by atoms with van der Waals surface area (Å²) in [5.74, 6) is -1.02. The number of nitrogens with one attached hydrogen (secondary N) is 1. The van der Waals surface area contributed by atoms with E-state index in [-0.39, 0.29) is 10.5 Å². The van der Waals surface area contributed by atoms with E-state index >= 15 is 0 Å². The van der Waals surface area contributed by atoms with E-state index in [9.17, 15) is 18.0 Å². The first kappa shape index (κ1) is 18.7. The molecule has 0 saturated heterocycles. The van der Waals surface area contributed by atoms with E-state index in [1.54, 1.807) is 38.1 Å². The van der Waals surface area contributed by atoms with Crippen molar-refractivity contribution in [1.29, 1.82) is 0 Å². The van der Waals surface area contributed by atoms with Gasteiger partial charge in [0.2, 0.25) is 0 Å². The van der Waals surface area contributed by atoms with Crippen LogP contribution in [0.3, 0.4) is 0 Å². The Morgan fingerprint density at radius 2 is 1.60 bits per heavy atom. The van der Waals surface area contributed by atoms with Gasteiger partial charge in [-0.3, -0.25) is 4.79 Å². The Balaban J connectivity index is 2.29. The first-order chi connectivity index (χ1) is 11.8. The molecule has 0 fully saturated rings. The number of ether oxygens (including phenoxy) is 1. The van der Waals surface area contributed by atoms with Gasteiger partial charge in [0.25, 0.3) is 5.91 Å². The first-order valence-corrected chi connectivity index (χ1v) is 9.14. The fourth-order valence-corrected chi connectivity index (χ4v) is 3.41. The van der Waals surface area contributed by atoms with Gasteiger partial charge in [0.05, 0.1) is 28.4 Å². The largest absolute Gasteiger partial charge is 0.465 e. The third-order valence-electron chi connectivity index (χ3n) is 3.62. The highest BCUT2D eigenvalue weighted by molar-refractivity contribution is 7.92. The van der Waals surface area contributed by atoms with Gasteiger partial charge in [-0.25, -0.2) is 13.2 Å². The second-order valence-corrected chi connectivity index (χ2v) is 8.09. The number of carbonyl (C=O) groups excluding carboxylic acids is 2. The summed E-state index contributed by atoms with van der Waals surface area (Å²) in [6.07, 6.45) is 0. The molecule has 7 heteroatoms. The zero-order chi connectivity index (χ0) is 18.6. The van der Waals surface area contributed by atoms with Crippen LogP contribution in [0.15, 0.2) is 53.4 Å². The molecule has 2 rings (SSSR count). The fraction of sp³-hybridized carbons (Fsp3) is 0.222. The molecule has 0 unspecified atom stereocenters. The molecule has 1 amide bonds. The maximum atomic E-state index is 12.5. The lowest BCUT2D eigenvalue weighted by Gasteiger charge is -2.13. The van der Waals surface area contributed by atoms with E-state index in [1.807, 2.05) is 0 Å². The first-order valence-electron chi connectivity index (χ1n) is 7.60. The predicted octanol–water partition coefficient (Wildman–Crippen LogP) is 2.91. The Kier molecular flexibility index (Phi) is 5.58. The number of methoxy groups -OCH3 is 1. The lowest BCUT2D eigenvalue weighted by atomic mass is 10.2. The van der Waals surface area contributed by atoms with Gasteiger partial charge in [0.15, 0.2) is 9.84 Å². The summed E-state index contributed by atoms with van der Waals surface area (Å²) in [6, 6.07) is 12.2. The lowest BCUT2D eigenvalue weighted by molar-refractivity contribution is 0.0600. The third-order valence-corrected chi connectivity index (χ3v) is 5.83. The van der Waals surface area contributed by atoms with Gasteiger partial charge < -0.3 is 10.1 Å². The van der Waals surface area contributed by atoms with Crippen LogP contribution in [0.5, 0.6) is 0 Å². The summed E-state index contributed by atoms with van der Waals surface area (Å²) in [6.45, 7) is 3.13. The van der Waals surface area contributed by atoms with Gasteiger partial charge in [-0.1, -0.05) is 12.1 Å². The molecule has 2 aromatic carbocycles. The minimum absolute atomic E-state index is 0.00585. The molecule has 0 heterocycles. The topological polar surface area (TPSA) is 89.5 Å². The summed E-state index contributed by atoms with van der Waals surface area (Å²) in [7, 11) is -2.31. The zero-order valence-electron chi connectivity index (χ0n) is 14.1. The molecular weight excluding hydrogens is 342 g/mol. The van der Waals surface area contributed by atoms with Crippen molar-refractivity contribution in [1.82, 2.24) is 0 Å². The zero-order valence-corrected chi connectivity index (χ0v) is 15.0. The minimum Gasteiger partial charge on any atom is -0.465 e. The maximum Gasteiger partial charge on any atom is 0.337 e. The summed E-state index contributed by atoms with van der Waals surface area (Å²) in [5, 5.41) is 2.00. The molecule has 0 aliphatic carbocycles. The molecule has 0 spiro atoms. The Morgan fingerprint density at radius 3 is 2.16 bits per heavy atom. The predicted molar refractivity (Wildman–Crippen MR) is 94.5 cm³/mol. The van der Waals surface area contributed by atoms with Crippen molar-refractivity contribution < 1.29 is 22.7 Å². The smallest absolute Gasteiger partial charge is 0.337 e. The number of anilines is 1. The van der Waals surface area contributed by atoms with Crippen LogP contribution < -0.4 is 5.32 Å². The van der Waals surface area contributed by atoms with Crippen LogP contribution in [-0.2, 0) is 14.6 Å². The summed E-state index contributed by atoms with van der Waals surface area (Å²) in [4.78, 5) is 23.9. The normalized spacial score (nSPS) is 11.2. The average molecular weight is 361 g/mol. The van der Waals surface area contributed by atoms with E-state index in [0.717, 1.165) is 0 Å². The second kappa shape index (κ2) is 7.48. The second-order valence-electron chi connectivity index (χ2n) is 5.61. The molecule has 1 N–H and O–H groups in total. The minimum atomic E-state index is -3.59. The van der Waals surface area contributed by atoms with E-state index in [2.05, 4.69) is 10.1 Å². The lowest BCUT2D eigenvalue weighted by Crippen LogP contribution is -2.20. The number of sulfone groups is 1. The SMILES string of the molecule is COC(=O)c1ccc(NC(=O)c2ccccc2S(=O)(=O)C(C)C)cc1. The van der Waals surface area contributed by atoms with Crippen molar-refractivity contribution in [3.05, 3.63) is 59.7 Å². The van der Waals surface area contributed by atoms with Gasteiger partial charge in [0.1, 0.15) is 0 Å². The molecule has 2 aromatic rings. The van der Waals surface area contributed by atoms with E-state index in [1.165, 1.54) is 31.4 Å². The van der Waals surface area contributed by atoms with E-state index in [0.29, 0.717) is 11.3 Å². The number of esters is 1. The Hall–Kier alpha value is -2.67. The Morgan fingerprint density at radius 1 is 1.00 bits per heavy atom. The van der Waals surface area contributed by atoms with Crippen molar-refractivity contribution >= 4 is 27.4 Å². The monoisotopic (exact) mass is 361 g/mol. The highest BCUT2D eigenvalue weighted by Crippen LogP contribution is 2.22. The molecule has 6 nitrogen and oxygen atoms in total. The number of benzene rings is 2. The van der Waals surface area contributed by atoms with Crippen molar-refractivity contribution in [2.24, 2.45) is 0 Å². The molecule has 25 heavy (non-hydrogen) atoms. The van der Waals surface area contributed by atoms with Crippen LogP contribution in [0.2, 0.25) is 0 Å². The van der Waals surface area contributed by atoms with Crippen LogP contribution in [-0.4, -0.2) is 32.7 Å². The molecular formula is C18H19NO5S. The fourth-order valence-electron chi connectivity index (χ4n) is 2.16. The highest BCUT2D eigenvalue weighted by Gasteiger charge is 2.25. The molecule has 0 bridgehead atoms. The number of carbonyl (C=O) groups is 2. The number of amides is 1. The van der Waals surface area contributed by atoms with Gasteiger partial charge in [-0.15, -0.1) is 0 Å². The van der Waals surface area contributed by atoms with Gasteiger partial charge >= 0.3 is 5.97 Å². The van der Waals surface area contributed by atoms with Crippen LogP contribution in [0, 0.1) is 0 Å². The van der Waals surface area contributed by atoms with Gasteiger partial charge in [0, 0.05) is 5.69 Å². The van der Waals surface area contributed by atoms with Crippen LogP contribution in [0.25, 0.3) is 0 Å². The third kappa shape index (κ3) is 4.06. The van der Waals surface area contributed by atoms with Gasteiger partial charge in [-0.05, 0) is 50.2 Å². The molecule has 0 saturated carbocycles. The summed E-state index contributed by atoms with van der Waals surface area (Å²) in [5.41, 5.74) is 0.867. The molecule has 0 atom stereocenters. The number of rotatable bonds is 5. The molecule has 0 aliphatic heterocycles. The number of hydrogen-bond donors (Lipinski definition) is 1. The molecule has 0 aliphatic rings. The van der Waals surface area contributed by atoms with E-state index < -0.39 is 27.0 Å². The Labute approximate surface area is 146 Å². The Bertz CT molecular complexity index is 886. The van der Waals surface area contributed by atoms with Crippen LogP contribution in [0.1, 0.15) is 34.6 Å².